The summed E-state index contributed by atoms with van der Waals surface area (Å²) in [6, 6.07) is 4.15. The maximum absolute atomic E-state index is 12.3. The van der Waals surface area contributed by atoms with E-state index in [1.807, 2.05) is 0 Å². The zero-order valence-corrected chi connectivity index (χ0v) is 10.9. The summed E-state index contributed by atoms with van der Waals surface area (Å²) in [5.41, 5.74) is 0.202. The lowest BCUT2D eigenvalue weighted by molar-refractivity contribution is -0.143. The number of hydrogen-bond donors (Lipinski definition) is 2. The van der Waals surface area contributed by atoms with Crippen LogP contribution in [0.4, 0.5) is 0 Å². The van der Waals surface area contributed by atoms with Gasteiger partial charge in [-0.3, -0.25) is 9.59 Å². The number of phenols is 1. The van der Waals surface area contributed by atoms with Crippen molar-refractivity contribution in [3.8, 4) is 5.75 Å². The van der Waals surface area contributed by atoms with Crippen LogP contribution >= 0.6 is 11.6 Å². The second kappa shape index (κ2) is 5.48. The van der Waals surface area contributed by atoms with Crippen LogP contribution in [-0.4, -0.2) is 40.1 Å². The Morgan fingerprint density at radius 2 is 2.11 bits per heavy atom. The number of rotatable bonds is 2. The fourth-order valence-electron chi connectivity index (χ4n) is 2.21. The van der Waals surface area contributed by atoms with Gasteiger partial charge >= 0.3 is 5.97 Å². The Balaban J connectivity index is 2.19. The van der Waals surface area contributed by atoms with Gasteiger partial charge in [-0.25, -0.2) is 0 Å². The van der Waals surface area contributed by atoms with E-state index in [9.17, 15) is 14.7 Å². The number of carboxylic acid groups (broad SMARTS) is 1. The summed E-state index contributed by atoms with van der Waals surface area (Å²) < 4.78 is 0. The molecule has 1 aliphatic rings. The number of carbonyl (C=O) groups is 2. The second-order valence-corrected chi connectivity index (χ2v) is 5.00. The van der Waals surface area contributed by atoms with Gasteiger partial charge in [0.25, 0.3) is 5.91 Å². The molecule has 6 heteroatoms. The number of carboxylic acids is 1. The van der Waals surface area contributed by atoms with Crippen molar-refractivity contribution in [3.63, 3.8) is 0 Å². The van der Waals surface area contributed by atoms with Gasteiger partial charge in [-0.1, -0.05) is 11.6 Å². The van der Waals surface area contributed by atoms with Crippen molar-refractivity contribution in [2.45, 2.75) is 12.8 Å². The fourth-order valence-corrected chi connectivity index (χ4v) is 2.41. The van der Waals surface area contributed by atoms with E-state index in [1.54, 1.807) is 0 Å². The SMILES string of the molecule is O=C(O)C1CCCN(C(=O)c2cc(O)ccc2Cl)C1. The molecule has 1 unspecified atom stereocenters. The Labute approximate surface area is 115 Å². The summed E-state index contributed by atoms with van der Waals surface area (Å²) in [5, 5.41) is 18.7. The average Bonchev–Trinajstić information content (AvgIpc) is 2.41. The molecule has 1 amide bonds. The predicted molar refractivity (Wildman–Crippen MR) is 69.4 cm³/mol. The minimum absolute atomic E-state index is 0.0421. The van der Waals surface area contributed by atoms with Crippen molar-refractivity contribution < 1.29 is 19.8 Å². The van der Waals surface area contributed by atoms with Crippen LogP contribution in [0.25, 0.3) is 0 Å². The van der Waals surface area contributed by atoms with Crippen LogP contribution in [0.2, 0.25) is 5.02 Å². The number of piperidine rings is 1. The molecule has 2 rings (SSSR count). The molecule has 0 spiro atoms. The van der Waals surface area contributed by atoms with Crippen molar-refractivity contribution in [3.05, 3.63) is 28.8 Å². The Kier molecular flexibility index (Phi) is 3.95. The first kappa shape index (κ1) is 13.7. The van der Waals surface area contributed by atoms with Gasteiger partial charge in [0.1, 0.15) is 5.75 Å². The maximum Gasteiger partial charge on any atom is 0.308 e. The van der Waals surface area contributed by atoms with Crippen molar-refractivity contribution in [1.29, 1.82) is 0 Å². The monoisotopic (exact) mass is 283 g/mol. The van der Waals surface area contributed by atoms with Crippen LogP contribution in [0.5, 0.6) is 5.75 Å². The molecular formula is C13H14ClNO4. The minimum Gasteiger partial charge on any atom is -0.508 e. The summed E-state index contributed by atoms with van der Waals surface area (Å²) >= 11 is 5.93. The molecule has 5 nitrogen and oxygen atoms in total. The number of benzene rings is 1. The fraction of sp³-hybridized carbons (Fsp3) is 0.385. The van der Waals surface area contributed by atoms with Gasteiger partial charge in [0, 0.05) is 13.1 Å². The third-order valence-corrected chi connectivity index (χ3v) is 3.57. The molecule has 1 atom stereocenters. The third kappa shape index (κ3) is 2.98. The van der Waals surface area contributed by atoms with Crippen LogP contribution in [0.1, 0.15) is 23.2 Å². The Hall–Kier alpha value is -1.75. The standard InChI is InChI=1S/C13H14ClNO4/c14-11-4-3-9(16)6-10(11)12(17)15-5-1-2-8(7-15)13(18)19/h3-4,6,8,16H,1-2,5,7H2,(H,18,19). The number of aliphatic carboxylic acids is 1. The second-order valence-electron chi connectivity index (χ2n) is 4.59. The summed E-state index contributed by atoms with van der Waals surface area (Å²) in [4.78, 5) is 24.7. The molecule has 1 saturated heterocycles. The predicted octanol–water partition coefficient (Wildman–Crippen LogP) is 1.98. The largest absolute Gasteiger partial charge is 0.508 e. The van der Waals surface area contributed by atoms with Crippen LogP contribution in [-0.2, 0) is 4.79 Å². The molecule has 1 fully saturated rings. The van der Waals surface area contributed by atoms with Crippen molar-refractivity contribution in [2.24, 2.45) is 5.92 Å². The molecule has 0 aliphatic carbocycles. The van der Waals surface area contributed by atoms with Gasteiger partial charge in [0.15, 0.2) is 0 Å². The van der Waals surface area contributed by atoms with E-state index in [-0.39, 0.29) is 28.8 Å². The molecule has 19 heavy (non-hydrogen) atoms. The van der Waals surface area contributed by atoms with E-state index in [4.69, 9.17) is 16.7 Å². The number of halogens is 1. The number of nitrogens with zero attached hydrogens (tertiary/aromatic N) is 1. The molecule has 0 aromatic heterocycles. The molecule has 1 heterocycles. The van der Waals surface area contributed by atoms with Gasteiger partial charge < -0.3 is 15.1 Å². The normalized spacial score (nSPS) is 19.2. The number of hydrogen-bond acceptors (Lipinski definition) is 3. The topological polar surface area (TPSA) is 77.8 Å². The van der Waals surface area contributed by atoms with Gasteiger partial charge in [0.05, 0.1) is 16.5 Å². The van der Waals surface area contributed by atoms with Crippen molar-refractivity contribution in [1.82, 2.24) is 4.90 Å². The van der Waals surface area contributed by atoms with Gasteiger partial charge in [-0.2, -0.15) is 0 Å². The van der Waals surface area contributed by atoms with Crippen LogP contribution < -0.4 is 0 Å². The Morgan fingerprint density at radius 3 is 2.79 bits per heavy atom. The summed E-state index contributed by atoms with van der Waals surface area (Å²) in [6.07, 6.45) is 1.23. The lowest BCUT2D eigenvalue weighted by atomic mass is 9.97. The molecule has 0 saturated carbocycles. The summed E-state index contributed by atoms with van der Waals surface area (Å²) in [7, 11) is 0. The highest BCUT2D eigenvalue weighted by molar-refractivity contribution is 6.33. The first-order chi connectivity index (χ1) is 8.99. The molecule has 1 aliphatic heterocycles. The summed E-state index contributed by atoms with van der Waals surface area (Å²) in [6.45, 7) is 0.689. The molecular weight excluding hydrogens is 270 g/mol. The highest BCUT2D eigenvalue weighted by Crippen LogP contribution is 2.25. The van der Waals surface area contributed by atoms with E-state index in [1.165, 1.54) is 23.1 Å². The van der Waals surface area contributed by atoms with E-state index in [0.717, 1.165) is 0 Å². The maximum atomic E-state index is 12.3. The van der Waals surface area contributed by atoms with Gasteiger partial charge in [-0.15, -0.1) is 0 Å². The van der Waals surface area contributed by atoms with Gasteiger partial charge in [-0.05, 0) is 31.0 Å². The molecule has 0 bridgehead atoms. The Bertz CT molecular complexity index is 517. The number of amides is 1. The number of aromatic hydroxyl groups is 1. The van der Waals surface area contributed by atoms with Crippen LogP contribution in [0, 0.1) is 5.92 Å². The van der Waals surface area contributed by atoms with Gasteiger partial charge in [0.2, 0.25) is 0 Å². The smallest absolute Gasteiger partial charge is 0.308 e. The van der Waals surface area contributed by atoms with Crippen molar-refractivity contribution in [2.75, 3.05) is 13.1 Å². The number of carbonyl (C=O) groups excluding carboxylic acids is 1. The molecule has 1 aromatic rings. The lowest BCUT2D eigenvalue weighted by Gasteiger charge is -2.31. The van der Waals surface area contributed by atoms with E-state index in [0.29, 0.717) is 19.4 Å². The summed E-state index contributed by atoms with van der Waals surface area (Å²) in [5.74, 6) is -1.81. The molecule has 1 aromatic carbocycles. The van der Waals surface area contributed by atoms with Crippen LogP contribution in [0.3, 0.4) is 0 Å². The minimum atomic E-state index is -0.889. The zero-order chi connectivity index (χ0) is 14.0. The first-order valence-electron chi connectivity index (χ1n) is 5.99. The van der Waals surface area contributed by atoms with E-state index in [2.05, 4.69) is 0 Å². The first-order valence-corrected chi connectivity index (χ1v) is 6.37. The lowest BCUT2D eigenvalue weighted by Crippen LogP contribution is -2.42. The molecule has 102 valence electrons. The highest BCUT2D eigenvalue weighted by atomic mass is 35.5. The molecule has 2 N–H and O–H groups in total. The number of likely N-dealkylation sites (tertiary alicyclic amines) is 1. The third-order valence-electron chi connectivity index (χ3n) is 3.24. The highest BCUT2D eigenvalue weighted by Gasteiger charge is 2.29. The van der Waals surface area contributed by atoms with Crippen molar-refractivity contribution >= 4 is 23.5 Å². The quantitative estimate of drug-likeness (QED) is 0.870. The Morgan fingerprint density at radius 1 is 1.37 bits per heavy atom. The average molecular weight is 284 g/mol. The van der Waals surface area contributed by atoms with Crippen LogP contribution in [0.15, 0.2) is 18.2 Å². The number of phenolic OH excluding ortho intramolecular Hbond substituents is 1. The zero-order valence-electron chi connectivity index (χ0n) is 10.2. The molecule has 0 radical (unpaired) electrons. The van der Waals surface area contributed by atoms with E-state index >= 15 is 0 Å². The van der Waals surface area contributed by atoms with E-state index < -0.39 is 11.9 Å².